The predicted octanol–water partition coefficient (Wildman–Crippen LogP) is 2.34. The van der Waals surface area contributed by atoms with Crippen LogP contribution in [0.2, 0.25) is 0 Å². The number of aryl methyl sites for hydroxylation is 1. The van der Waals surface area contributed by atoms with E-state index in [1.807, 2.05) is 24.3 Å². The molecule has 3 heterocycles. The largest absolute Gasteiger partial charge is 0.497 e. The third-order valence-corrected chi connectivity index (χ3v) is 6.33. The first kappa shape index (κ1) is 21.4. The molecule has 172 valence electrons. The lowest BCUT2D eigenvalue weighted by Gasteiger charge is -2.25. The number of tetrazole rings is 1. The molecule has 10 heteroatoms. The zero-order chi connectivity index (χ0) is 22.8. The Morgan fingerprint density at radius 1 is 1.27 bits per heavy atom. The Morgan fingerprint density at radius 3 is 2.85 bits per heavy atom. The van der Waals surface area contributed by atoms with Crippen LogP contribution in [0.15, 0.2) is 30.3 Å². The van der Waals surface area contributed by atoms with Gasteiger partial charge in [0, 0.05) is 6.54 Å². The number of carbonyl (C=O) groups is 1. The fourth-order valence-electron chi connectivity index (χ4n) is 4.28. The molecule has 0 bridgehead atoms. The number of aromatic nitrogens is 6. The Balaban J connectivity index is 1.24. The first-order chi connectivity index (χ1) is 16.0. The maximum Gasteiger partial charge on any atom is 0.270 e. The second-order valence-electron chi connectivity index (χ2n) is 8.80. The van der Waals surface area contributed by atoms with E-state index in [0.29, 0.717) is 29.8 Å². The van der Waals surface area contributed by atoms with Gasteiger partial charge in [-0.25, -0.2) is 9.97 Å². The summed E-state index contributed by atoms with van der Waals surface area (Å²) in [4.78, 5) is 23.1. The summed E-state index contributed by atoms with van der Waals surface area (Å²) in [5, 5.41) is 15.8. The number of hydrogen-bond donors (Lipinski definition) is 1. The van der Waals surface area contributed by atoms with Gasteiger partial charge in [0.1, 0.15) is 23.0 Å². The number of methoxy groups -OCH3 is 1. The average Bonchev–Trinajstić information content (AvgIpc) is 3.42. The number of rotatable bonds is 7. The summed E-state index contributed by atoms with van der Waals surface area (Å²) in [6.07, 6.45) is 4.44. The lowest BCUT2D eigenvalue weighted by atomic mass is 9.82. The van der Waals surface area contributed by atoms with Crippen LogP contribution in [0.1, 0.15) is 47.6 Å². The zero-order valence-corrected chi connectivity index (χ0v) is 18.8. The fourth-order valence-corrected chi connectivity index (χ4v) is 4.28. The molecule has 1 aromatic carbocycles. The summed E-state index contributed by atoms with van der Waals surface area (Å²) in [6, 6.07) is 9.14. The van der Waals surface area contributed by atoms with E-state index >= 15 is 0 Å². The minimum atomic E-state index is -0.296. The summed E-state index contributed by atoms with van der Waals surface area (Å²) in [5.74, 6) is 1.82. The van der Waals surface area contributed by atoms with Gasteiger partial charge >= 0.3 is 0 Å². The Morgan fingerprint density at radius 2 is 2.09 bits per heavy atom. The van der Waals surface area contributed by atoms with E-state index in [9.17, 15) is 4.79 Å². The van der Waals surface area contributed by atoms with E-state index < -0.39 is 0 Å². The quantitative estimate of drug-likeness (QED) is 0.546. The van der Waals surface area contributed by atoms with Gasteiger partial charge in [-0.1, -0.05) is 12.1 Å². The second-order valence-corrected chi connectivity index (χ2v) is 8.80. The Bertz CT molecular complexity index is 1150. The van der Waals surface area contributed by atoms with Crippen molar-refractivity contribution in [3.05, 3.63) is 47.4 Å². The van der Waals surface area contributed by atoms with Crippen LogP contribution < -0.4 is 10.1 Å². The van der Waals surface area contributed by atoms with Crippen LogP contribution in [-0.4, -0.2) is 55.4 Å². The maximum atomic E-state index is 12.7. The lowest BCUT2D eigenvalue weighted by molar-refractivity contribution is 0.0945. The summed E-state index contributed by atoms with van der Waals surface area (Å²) < 4.78 is 10.8. The highest BCUT2D eigenvalue weighted by molar-refractivity contribution is 5.93. The van der Waals surface area contributed by atoms with Crippen LogP contribution in [-0.2, 0) is 17.8 Å². The molecular weight excluding hydrogens is 422 g/mol. The first-order valence-corrected chi connectivity index (χ1v) is 11.2. The molecule has 33 heavy (non-hydrogen) atoms. The molecule has 1 saturated carbocycles. The van der Waals surface area contributed by atoms with Gasteiger partial charge in [-0.15, -0.1) is 10.2 Å². The van der Waals surface area contributed by atoms with Crippen molar-refractivity contribution in [2.45, 2.75) is 51.3 Å². The third-order valence-electron chi connectivity index (χ3n) is 6.33. The van der Waals surface area contributed by atoms with Gasteiger partial charge in [-0.05, 0) is 67.5 Å². The van der Waals surface area contributed by atoms with E-state index in [0.717, 1.165) is 50.1 Å². The van der Waals surface area contributed by atoms with Crippen molar-refractivity contribution < 1.29 is 14.3 Å². The van der Waals surface area contributed by atoms with Crippen LogP contribution in [0.4, 0.5) is 0 Å². The van der Waals surface area contributed by atoms with E-state index in [-0.39, 0.29) is 17.2 Å². The second kappa shape index (κ2) is 8.86. The zero-order valence-electron chi connectivity index (χ0n) is 18.8. The normalized spacial score (nSPS) is 21.7. The number of ether oxygens (including phenoxy) is 2. The summed E-state index contributed by atoms with van der Waals surface area (Å²) in [7, 11) is 1.61. The minimum absolute atomic E-state index is 0.180. The summed E-state index contributed by atoms with van der Waals surface area (Å²) in [5.41, 5.74) is 1.85. The Labute approximate surface area is 191 Å². The molecule has 2 aliphatic rings. The molecule has 5 rings (SSSR count). The number of nitrogens with zero attached hydrogens (tertiary/aromatic N) is 6. The van der Waals surface area contributed by atoms with E-state index in [1.165, 1.54) is 0 Å². The van der Waals surface area contributed by atoms with Crippen LogP contribution in [0, 0.1) is 12.8 Å². The molecule has 1 aliphatic heterocycles. The van der Waals surface area contributed by atoms with Crippen molar-refractivity contribution in [3.63, 3.8) is 0 Å². The van der Waals surface area contributed by atoms with Crippen LogP contribution in [0.5, 0.6) is 5.75 Å². The highest BCUT2D eigenvalue weighted by Gasteiger charge is 2.46. The maximum absolute atomic E-state index is 12.7. The standard InChI is InChI=1S/C23H27N7O3/c1-15-25-19(11-20(26-15)22(31)24-12-17-4-3-5-18(10-17)32-2)21-27-29-30(28-21)13-16-6-8-23(9-7-16)14-33-23/h3-5,10-11,16H,6-9,12-14H2,1-2H3,(H,24,31). The number of epoxide rings is 1. The SMILES string of the molecule is COc1cccc(CNC(=O)c2cc(-c3nnn(CC4CCC5(CC4)CO5)n3)nc(C)n2)c1. The average molecular weight is 450 g/mol. The number of carbonyl (C=O) groups excluding carboxylic acids is 1. The monoisotopic (exact) mass is 449 g/mol. The van der Waals surface area contributed by atoms with Crippen molar-refractivity contribution in [2.24, 2.45) is 5.92 Å². The molecule has 0 unspecified atom stereocenters. The third kappa shape index (κ3) is 5.00. The molecule has 1 amide bonds. The predicted molar refractivity (Wildman–Crippen MR) is 118 cm³/mol. The number of amides is 1. The van der Waals surface area contributed by atoms with Gasteiger partial charge in [0.25, 0.3) is 5.91 Å². The van der Waals surface area contributed by atoms with Gasteiger partial charge in [-0.3, -0.25) is 4.79 Å². The molecule has 2 fully saturated rings. The topological polar surface area (TPSA) is 120 Å². The highest BCUT2D eigenvalue weighted by atomic mass is 16.6. The smallest absolute Gasteiger partial charge is 0.270 e. The van der Waals surface area contributed by atoms with Crippen molar-refractivity contribution in [1.82, 2.24) is 35.5 Å². The molecule has 1 saturated heterocycles. The van der Waals surface area contributed by atoms with E-state index in [2.05, 4.69) is 30.7 Å². The Hall–Kier alpha value is -3.40. The molecule has 0 radical (unpaired) electrons. The van der Waals surface area contributed by atoms with Crippen LogP contribution in [0.25, 0.3) is 11.5 Å². The van der Waals surface area contributed by atoms with E-state index in [1.54, 1.807) is 24.9 Å². The van der Waals surface area contributed by atoms with Gasteiger partial charge < -0.3 is 14.8 Å². The van der Waals surface area contributed by atoms with E-state index in [4.69, 9.17) is 9.47 Å². The fraction of sp³-hybridized carbons (Fsp3) is 0.478. The van der Waals surface area contributed by atoms with Gasteiger partial charge in [-0.2, -0.15) is 4.80 Å². The number of benzene rings is 1. The van der Waals surface area contributed by atoms with Crippen molar-refractivity contribution in [3.8, 4) is 17.3 Å². The number of nitrogens with one attached hydrogen (secondary N) is 1. The molecule has 1 N–H and O–H groups in total. The molecule has 2 aromatic heterocycles. The Kier molecular flexibility index (Phi) is 5.76. The molecule has 1 spiro atoms. The highest BCUT2D eigenvalue weighted by Crippen LogP contribution is 2.43. The van der Waals surface area contributed by atoms with Crippen molar-refractivity contribution in [1.29, 1.82) is 0 Å². The van der Waals surface area contributed by atoms with Gasteiger partial charge in [0.15, 0.2) is 0 Å². The molecular formula is C23H27N7O3. The van der Waals surface area contributed by atoms with Gasteiger partial charge in [0.2, 0.25) is 5.82 Å². The summed E-state index contributed by atoms with van der Waals surface area (Å²) in [6.45, 7) is 3.73. The minimum Gasteiger partial charge on any atom is -0.497 e. The lowest BCUT2D eigenvalue weighted by Crippen LogP contribution is -2.25. The molecule has 1 aliphatic carbocycles. The summed E-state index contributed by atoms with van der Waals surface area (Å²) >= 11 is 0. The van der Waals surface area contributed by atoms with Crippen molar-refractivity contribution >= 4 is 5.91 Å². The van der Waals surface area contributed by atoms with Gasteiger partial charge in [0.05, 0.1) is 25.9 Å². The van der Waals surface area contributed by atoms with Crippen molar-refractivity contribution in [2.75, 3.05) is 13.7 Å². The van der Waals surface area contributed by atoms with Crippen LogP contribution >= 0.6 is 0 Å². The molecule has 0 atom stereocenters. The molecule has 3 aromatic rings. The first-order valence-electron chi connectivity index (χ1n) is 11.2. The molecule has 10 nitrogen and oxygen atoms in total. The van der Waals surface area contributed by atoms with Crippen LogP contribution in [0.3, 0.4) is 0 Å². The number of hydrogen-bond acceptors (Lipinski definition) is 8.